The van der Waals surface area contributed by atoms with E-state index in [1.807, 2.05) is 18.0 Å². The third-order valence-corrected chi connectivity index (χ3v) is 3.18. The quantitative estimate of drug-likeness (QED) is 0.774. The Labute approximate surface area is 116 Å². The molecule has 0 fully saturated rings. The van der Waals surface area contributed by atoms with Crippen LogP contribution in [0.5, 0.6) is 0 Å². The van der Waals surface area contributed by atoms with Gasteiger partial charge in [-0.3, -0.25) is 0 Å². The average molecular weight is 282 g/mol. The first-order valence-electron chi connectivity index (χ1n) is 5.48. The van der Waals surface area contributed by atoms with Crippen molar-refractivity contribution in [2.75, 3.05) is 11.9 Å². The number of hydrogen-bond donors (Lipinski definition) is 0. The number of halogens is 2. The van der Waals surface area contributed by atoms with E-state index >= 15 is 0 Å². The molecule has 2 rings (SSSR count). The van der Waals surface area contributed by atoms with E-state index in [1.165, 1.54) is 11.8 Å². The molecule has 0 bridgehead atoms. The van der Waals surface area contributed by atoms with Gasteiger partial charge in [0, 0.05) is 12.7 Å². The van der Waals surface area contributed by atoms with Crippen molar-refractivity contribution in [2.24, 2.45) is 0 Å². The fourth-order valence-corrected chi connectivity index (χ4v) is 2.22. The first kappa shape index (κ1) is 13.1. The maximum absolute atomic E-state index is 6.10. The van der Waals surface area contributed by atoms with Crippen LogP contribution in [0.3, 0.4) is 0 Å². The van der Waals surface area contributed by atoms with E-state index in [9.17, 15) is 0 Å². The summed E-state index contributed by atoms with van der Waals surface area (Å²) in [5.74, 6) is 0.601. The molecule has 0 N–H and O–H groups in total. The summed E-state index contributed by atoms with van der Waals surface area (Å²) in [4.78, 5) is 9.92. The molecule has 0 amide bonds. The third-order valence-electron chi connectivity index (χ3n) is 2.73. The minimum atomic E-state index is 0.186. The number of anilines is 2. The average Bonchev–Trinajstić information content (AvgIpc) is 2.31. The van der Waals surface area contributed by atoms with Crippen molar-refractivity contribution in [3.8, 4) is 0 Å². The fourth-order valence-electron chi connectivity index (χ4n) is 1.87. The number of aromatic nitrogens is 2. The van der Waals surface area contributed by atoms with Crippen LogP contribution in [-0.2, 0) is 0 Å². The molecular formula is C13H13Cl2N3. The van der Waals surface area contributed by atoms with Crippen LogP contribution in [0.2, 0.25) is 10.3 Å². The van der Waals surface area contributed by atoms with Crippen LogP contribution in [0.15, 0.2) is 24.4 Å². The van der Waals surface area contributed by atoms with Crippen molar-refractivity contribution in [3.63, 3.8) is 0 Å². The van der Waals surface area contributed by atoms with Crippen LogP contribution in [0.1, 0.15) is 11.1 Å². The molecule has 0 spiro atoms. The molecule has 1 aromatic heterocycles. The fraction of sp³-hybridized carbons (Fsp3) is 0.231. The van der Waals surface area contributed by atoms with Gasteiger partial charge in [-0.05, 0) is 37.1 Å². The molecule has 94 valence electrons. The number of rotatable bonds is 2. The lowest BCUT2D eigenvalue weighted by atomic mass is 10.1. The molecule has 0 atom stereocenters. The van der Waals surface area contributed by atoms with E-state index < -0.39 is 0 Å². The highest BCUT2D eigenvalue weighted by molar-refractivity contribution is 6.33. The highest BCUT2D eigenvalue weighted by atomic mass is 35.5. The summed E-state index contributed by atoms with van der Waals surface area (Å²) in [5.41, 5.74) is 3.41. The van der Waals surface area contributed by atoms with E-state index in [-0.39, 0.29) is 5.28 Å². The van der Waals surface area contributed by atoms with Crippen LogP contribution in [0.4, 0.5) is 11.5 Å². The van der Waals surface area contributed by atoms with Crippen LogP contribution in [0.25, 0.3) is 0 Å². The molecule has 0 saturated carbocycles. The summed E-state index contributed by atoms with van der Waals surface area (Å²) in [6.07, 6.45) is 1.51. The van der Waals surface area contributed by atoms with E-state index in [4.69, 9.17) is 23.2 Å². The van der Waals surface area contributed by atoms with Gasteiger partial charge in [-0.25, -0.2) is 4.98 Å². The summed E-state index contributed by atoms with van der Waals surface area (Å²) in [6.45, 7) is 4.11. The molecule has 0 aliphatic carbocycles. The van der Waals surface area contributed by atoms with Crippen molar-refractivity contribution >= 4 is 34.7 Å². The summed E-state index contributed by atoms with van der Waals surface area (Å²) in [6, 6.07) is 6.20. The highest BCUT2D eigenvalue weighted by Gasteiger charge is 2.13. The molecule has 0 unspecified atom stereocenters. The zero-order chi connectivity index (χ0) is 13.3. The van der Waals surface area contributed by atoms with Gasteiger partial charge in [-0.1, -0.05) is 29.3 Å². The summed E-state index contributed by atoms with van der Waals surface area (Å²) in [5, 5.41) is 0.660. The summed E-state index contributed by atoms with van der Waals surface area (Å²) >= 11 is 11.9. The Bertz CT molecular complexity index is 584. The van der Waals surface area contributed by atoms with Gasteiger partial charge in [0.15, 0.2) is 5.82 Å². The Balaban J connectivity index is 2.47. The van der Waals surface area contributed by atoms with Gasteiger partial charge < -0.3 is 4.90 Å². The number of aryl methyl sites for hydroxylation is 2. The molecule has 0 aliphatic heterocycles. The van der Waals surface area contributed by atoms with E-state index in [0.717, 1.165) is 11.3 Å². The first-order valence-corrected chi connectivity index (χ1v) is 6.23. The lowest BCUT2D eigenvalue weighted by Crippen LogP contribution is -2.13. The Kier molecular flexibility index (Phi) is 3.73. The van der Waals surface area contributed by atoms with Gasteiger partial charge in [-0.15, -0.1) is 0 Å². The van der Waals surface area contributed by atoms with Crippen LogP contribution in [0, 0.1) is 13.8 Å². The van der Waals surface area contributed by atoms with Gasteiger partial charge >= 0.3 is 0 Å². The van der Waals surface area contributed by atoms with Crippen LogP contribution >= 0.6 is 23.2 Å². The zero-order valence-electron chi connectivity index (χ0n) is 10.4. The summed E-state index contributed by atoms with van der Waals surface area (Å²) in [7, 11) is 1.90. The minimum Gasteiger partial charge on any atom is -0.328 e. The zero-order valence-corrected chi connectivity index (χ0v) is 11.9. The third kappa shape index (κ3) is 2.57. The van der Waals surface area contributed by atoms with E-state index in [1.54, 1.807) is 0 Å². The molecule has 1 aromatic carbocycles. The topological polar surface area (TPSA) is 29.0 Å². The van der Waals surface area contributed by atoms with Gasteiger partial charge in [-0.2, -0.15) is 4.98 Å². The number of hydrogen-bond acceptors (Lipinski definition) is 3. The lowest BCUT2D eigenvalue weighted by molar-refractivity contribution is 1.07. The van der Waals surface area contributed by atoms with E-state index in [2.05, 4.69) is 35.9 Å². The second kappa shape index (κ2) is 5.12. The maximum Gasteiger partial charge on any atom is 0.224 e. The largest absolute Gasteiger partial charge is 0.328 e. The highest BCUT2D eigenvalue weighted by Crippen LogP contribution is 2.31. The predicted molar refractivity (Wildman–Crippen MR) is 76.0 cm³/mol. The number of nitrogens with zero attached hydrogens (tertiary/aromatic N) is 3. The normalized spacial score (nSPS) is 10.5. The summed E-state index contributed by atoms with van der Waals surface area (Å²) < 4.78 is 0. The minimum absolute atomic E-state index is 0.186. The van der Waals surface area contributed by atoms with Crippen molar-refractivity contribution < 1.29 is 0 Å². The molecule has 0 saturated heterocycles. The van der Waals surface area contributed by atoms with Gasteiger partial charge in [0.2, 0.25) is 5.28 Å². The SMILES string of the molecule is Cc1ccc(N(C)c2nc(Cl)ncc2Cl)c(C)c1. The molecule has 1 heterocycles. The van der Waals surface area contributed by atoms with Gasteiger partial charge in [0.25, 0.3) is 0 Å². The number of benzene rings is 1. The van der Waals surface area contributed by atoms with Crippen LogP contribution in [-0.4, -0.2) is 17.0 Å². The van der Waals surface area contributed by atoms with Gasteiger partial charge in [0.05, 0.1) is 6.20 Å². The second-order valence-corrected chi connectivity index (χ2v) is 4.90. The molecular weight excluding hydrogens is 269 g/mol. The Morgan fingerprint density at radius 2 is 1.89 bits per heavy atom. The monoisotopic (exact) mass is 281 g/mol. The molecule has 2 aromatic rings. The molecule has 3 nitrogen and oxygen atoms in total. The molecule has 0 radical (unpaired) electrons. The Morgan fingerprint density at radius 1 is 1.17 bits per heavy atom. The van der Waals surface area contributed by atoms with Gasteiger partial charge in [0.1, 0.15) is 5.02 Å². The lowest BCUT2D eigenvalue weighted by Gasteiger charge is -2.21. The van der Waals surface area contributed by atoms with Crippen molar-refractivity contribution in [1.29, 1.82) is 0 Å². The molecule has 5 heteroatoms. The standard InChI is InChI=1S/C13H13Cl2N3/c1-8-4-5-11(9(2)6-8)18(3)12-10(14)7-16-13(15)17-12/h4-7H,1-3H3. The first-order chi connectivity index (χ1) is 8.49. The Morgan fingerprint density at radius 3 is 2.56 bits per heavy atom. The van der Waals surface area contributed by atoms with Crippen molar-refractivity contribution in [3.05, 3.63) is 45.8 Å². The second-order valence-electron chi connectivity index (χ2n) is 4.16. The molecule has 0 aliphatic rings. The maximum atomic E-state index is 6.10. The smallest absolute Gasteiger partial charge is 0.224 e. The molecule has 18 heavy (non-hydrogen) atoms. The van der Waals surface area contributed by atoms with Crippen molar-refractivity contribution in [2.45, 2.75) is 13.8 Å². The van der Waals surface area contributed by atoms with Crippen LogP contribution < -0.4 is 4.90 Å². The predicted octanol–water partition coefficient (Wildman–Crippen LogP) is 4.17. The van der Waals surface area contributed by atoms with Crippen molar-refractivity contribution in [1.82, 2.24) is 9.97 Å². The van der Waals surface area contributed by atoms with E-state index in [0.29, 0.717) is 10.8 Å². The Hall–Kier alpha value is -1.32.